The minimum Gasteiger partial charge on any atom is -0.228 e. The smallest absolute Gasteiger partial charge is 0.172 e. The van der Waals surface area contributed by atoms with Crippen LogP contribution in [0.15, 0.2) is 53.5 Å². The number of rotatable bonds is 1. The van der Waals surface area contributed by atoms with Gasteiger partial charge in [0.05, 0.1) is 5.69 Å². The molecule has 0 N–H and O–H groups in total. The molecule has 0 atom stereocenters. The Morgan fingerprint density at radius 3 is 2.47 bits per heavy atom. The van der Waals surface area contributed by atoms with E-state index < -0.39 is 0 Å². The quantitative estimate of drug-likeness (QED) is 0.603. The van der Waals surface area contributed by atoms with E-state index >= 15 is 0 Å². The van der Waals surface area contributed by atoms with E-state index in [4.69, 9.17) is 11.6 Å². The second-order valence-electron chi connectivity index (χ2n) is 3.51. The van der Waals surface area contributed by atoms with Crippen LogP contribution in [0.1, 0.15) is 0 Å². The van der Waals surface area contributed by atoms with Crippen LogP contribution < -0.4 is 3.98 Å². The van der Waals surface area contributed by atoms with Gasteiger partial charge in [-0.25, -0.2) is 4.99 Å². The topological polar surface area (TPSA) is 12.4 Å². The molecule has 0 amide bonds. The monoisotopic (exact) mass is 277 g/mol. The van der Waals surface area contributed by atoms with Gasteiger partial charge >= 0.3 is 0 Å². The molecule has 0 bridgehead atoms. The number of para-hydroxylation sites is 1. The molecule has 0 saturated heterocycles. The van der Waals surface area contributed by atoms with Gasteiger partial charge in [-0.15, -0.1) is 22.7 Å². The van der Waals surface area contributed by atoms with Crippen LogP contribution in [0.3, 0.4) is 0 Å². The molecule has 3 aromatic rings. The van der Waals surface area contributed by atoms with Crippen LogP contribution >= 0.6 is 34.3 Å². The average Bonchev–Trinajstić information content (AvgIpc) is 2.71. The van der Waals surface area contributed by atoms with Crippen molar-refractivity contribution in [1.82, 2.24) is 0 Å². The van der Waals surface area contributed by atoms with Gasteiger partial charge in [0.2, 0.25) is 0 Å². The van der Waals surface area contributed by atoms with E-state index in [0.29, 0.717) is 0 Å². The standard InChI is InChI=1S/C13H8ClNS2/c14-9-6-7-11-12(8-9)17-13(16-11)15-10-4-2-1-3-5-10/h1-8H. The predicted molar refractivity (Wildman–Crippen MR) is 76.4 cm³/mol. The number of fused-ring (bicyclic) bond motifs is 1. The fourth-order valence-corrected chi connectivity index (χ4v) is 4.03. The molecule has 0 radical (unpaired) electrons. The van der Waals surface area contributed by atoms with Crippen LogP contribution in [0.25, 0.3) is 9.40 Å². The lowest BCUT2D eigenvalue weighted by atomic mass is 10.3. The van der Waals surface area contributed by atoms with Crippen molar-refractivity contribution in [3.8, 4) is 0 Å². The Morgan fingerprint density at radius 1 is 0.882 bits per heavy atom. The second kappa shape index (κ2) is 4.61. The number of hydrogen-bond donors (Lipinski definition) is 0. The van der Waals surface area contributed by atoms with Gasteiger partial charge in [0.15, 0.2) is 3.98 Å². The van der Waals surface area contributed by atoms with Crippen LogP contribution in [0.4, 0.5) is 5.69 Å². The van der Waals surface area contributed by atoms with Gasteiger partial charge in [-0.3, -0.25) is 0 Å². The summed E-state index contributed by atoms with van der Waals surface area (Å²) in [6.07, 6.45) is 0. The minimum absolute atomic E-state index is 0.776. The van der Waals surface area contributed by atoms with Gasteiger partial charge in [0.25, 0.3) is 0 Å². The first-order valence-electron chi connectivity index (χ1n) is 5.10. The number of nitrogens with zero attached hydrogens (tertiary/aromatic N) is 1. The molecule has 0 spiro atoms. The Morgan fingerprint density at radius 2 is 1.65 bits per heavy atom. The lowest BCUT2D eigenvalue weighted by Crippen LogP contribution is -1.82. The Bertz CT molecular complexity index is 713. The zero-order valence-corrected chi connectivity index (χ0v) is 11.1. The molecule has 0 saturated carbocycles. The molecule has 3 rings (SSSR count). The van der Waals surface area contributed by atoms with Crippen molar-refractivity contribution < 1.29 is 0 Å². The van der Waals surface area contributed by atoms with Gasteiger partial charge in [0, 0.05) is 14.4 Å². The van der Waals surface area contributed by atoms with Crippen molar-refractivity contribution in [2.45, 2.75) is 0 Å². The van der Waals surface area contributed by atoms with Crippen LogP contribution in [0.2, 0.25) is 5.02 Å². The summed E-state index contributed by atoms with van der Waals surface area (Å²) in [5, 5.41) is 0.776. The Hall–Kier alpha value is -1.16. The lowest BCUT2D eigenvalue weighted by Gasteiger charge is -1.87. The third kappa shape index (κ3) is 2.41. The third-order valence-electron chi connectivity index (χ3n) is 2.28. The zero-order valence-electron chi connectivity index (χ0n) is 8.76. The van der Waals surface area contributed by atoms with Crippen molar-refractivity contribution in [2.24, 2.45) is 4.99 Å². The summed E-state index contributed by atoms with van der Waals surface area (Å²) in [6, 6.07) is 15.9. The minimum atomic E-state index is 0.776. The first-order chi connectivity index (χ1) is 8.31. The van der Waals surface area contributed by atoms with E-state index in [-0.39, 0.29) is 0 Å². The zero-order chi connectivity index (χ0) is 11.7. The Kier molecular flexibility index (Phi) is 2.97. The predicted octanol–water partition coefficient (Wildman–Crippen LogP) is 4.85. The molecular weight excluding hydrogens is 270 g/mol. The van der Waals surface area contributed by atoms with Crippen molar-refractivity contribution in [3.63, 3.8) is 0 Å². The summed E-state index contributed by atoms with van der Waals surface area (Å²) in [5.74, 6) is 0. The molecule has 0 fully saturated rings. The molecule has 0 aliphatic rings. The summed E-state index contributed by atoms with van der Waals surface area (Å²) in [4.78, 5) is 4.60. The van der Waals surface area contributed by atoms with Crippen LogP contribution in [-0.2, 0) is 0 Å². The molecule has 0 aliphatic carbocycles. The maximum Gasteiger partial charge on any atom is 0.172 e. The number of hydrogen-bond acceptors (Lipinski definition) is 3. The van der Waals surface area contributed by atoms with Gasteiger partial charge in [0.1, 0.15) is 0 Å². The summed E-state index contributed by atoms with van der Waals surface area (Å²) in [5.41, 5.74) is 0.987. The highest BCUT2D eigenvalue weighted by Gasteiger charge is 1.99. The maximum absolute atomic E-state index is 5.97. The molecule has 1 heterocycles. The van der Waals surface area contributed by atoms with E-state index in [1.54, 1.807) is 22.7 Å². The van der Waals surface area contributed by atoms with Crippen LogP contribution in [0, 0.1) is 0 Å². The molecule has 0 aliphatic heterocycles. The highest BCUT2D eigenvalue weighted by molar-refractivity contribution is 7.35. The van der Waals surface area contributed by atoms with Crippen molar-refractivity contribution >= 4 is 49.4 Å². The first kappa shape index (κ1) is 11.0. The van der Waals surface area contributed by atoms with Gasteiger partial charge in [-0.2, -0.15) is 0 Å². The number of halogens is 1. The summed E-state index contributed by atoms with van der Waals surface area (Å²) >= 11 is 9.34. The van der Waals surface area contributed by atoms with Crippen molar-refractivity contribution in [3.05, 3.63) is 57.5 Å². The third-order valence-corrected chi connectivity index (χ3v) is 4.81. The lowest BCUT2D eigenvalue weighted by molar-refractivity contribution is 1.46. The van der Waals surface area contributed by atoms with Crippen molar-refractivity contribution in [2.75, 3.05) is 0 Å². The van der Waals surface area contributed by atoms with Crippen LogP contribution in [-0.4, -0.2) is 0 Å². The normalized spacial score (nSPS) is 12.2. The molecule has 17 heavy (non-hydrogen) atoms. The molecule has 4 heteroatoms. The second-order valence-corrected chi connectivity index (χ2v) is 6.26. The molecule has 2 aromatic carbocycles. The molecular formula is C13H8ClNS2. The molecule has 1 nitrogen and oxygen atoms in total. The molecule has 84 valence electrons. The van der Waals surface area contributed by atoms with E-state index in [1.165, 1.54) is 9.40 Å². The van der Waals surface area contributed by atoms with E-state index in [2.05, 4.69) is 4.99 Å². The summed E-state index contributed by atoms with van der Waals surface area (Å²) in [6.45, 7) is 0. The highest BCUT2D eigenvalue weighted by Crippen LogP contribution is 2.25. The molecule has 0 unspecified atom stereocenters. The van der Waals surface area contributed by atoms with Crippen molar-refractivity contribution in [1.29, 1.82) is 0 Å². The Labute approximate surface area is 112 Å². The van der Waals surface area contributed by atoms with Gasteiger partial charge < -0.3 is 0 Å². The highest BCUT2D eigenvalue weighted by atomic mass is 35.5. The maximum atomic E-state index is 5.97. The first-order valence-corrected chi connectivity index (χ1v) is 7.11. The average molecular weight is 278 g/mol. The summed E-state index contributed by atoms with van der Waals surface area (Å²) in [7, 11) is 0. The van der Waals surface area contributed by atoms with Gasteiger partial charge in [-0.1, -0.05) is 29.8 Å². The van der Waals surface area contributed by atoms with E-state index in [9.17, 15) is 0 Å². The summed E-state index contributed by atoms with van der Waals surface area (Å²) < 4.78 is 3.47. The fourth-order valence-electron chi connectivity index (χ4n) is 1.51. The van der Waals surface area contributed by atoms with E-state index in [0.717, 1.165) is 14.7 Å². The Balaban J connectivity index is 2.15. The molecule has 1 aromatic heterocycles. The fraction of sp³-hybridized carbons (Fsp3) is 0. The number of benzene rings is 2. The van der Waals surface area contributed by atoms with E-state index in [1.807, 2.05) is 48.5 Å². The largest absolute Gasteiger partial charge is 0.228 e. The van der Waals surface area contributed by atoms with Gasteiger partial charge in [-0.05, 0) is 30.3 Å². The van der Waals surface area contributed by atoms with Crippen LogP contribution in [0.5, 0.6) is 0 Å². The SMILES string of the molecule is Clc1ccc2sc(=Nc3ccccc3)sc2c1.